The van der Waals surface area contributed by atoms with Gasteiger partial charge in [0.15, 0.2) is 0 Å². The zero-order valence-electron chi connectivity index (χ0n) is 11.5. The Balaban J connectivity index is 2.12. The minimum Gasteiger partial charge on any atom is -0.465 e. The Labute approximate surface area is 121 Å². The van der Waals surface area contributed by atoms with Crippen molar-refractivity contribution in [1.29, 1.82) is 0 Å². The van der Waals surface area contributed by atoms with Crippen LogP contribution in [0.1, 0.15) is 18.3 Å². The first-order valence-corrected chi connectivity index (χ1v) is 7.49. The maximum Gasteiger partial charge on any atom is 0.315 e. The number of carbonyl (C=O) groups excluding carboxylic acids is 1. The molecule has 2 aromatic heterocycles. The maximum atomic E-state index is 12.0. The first-order valence-electron chi connectivity index (χ1n) is 6.33. The van der Waals surface area contributed by atoms with Crippen LogP contribution in [-0.4, -0.2) is 27.7 Å². The number of aryl methyl sites for hydroxylation is 1. The van der Waals surface area contributed by atoms with Crippen LogP contribution in [0.5, 0.6) is 0 Å². The fourth-order valence-corrected chi connectivity index (χ4v) is 2.59. The minimum absolute atomic E-state index is 0.0974. The van der Waals surface area contributed by atoms with Gasteiger partial charge in [0, 0.05) is 17.5 Å². The molecule has 2 heterocycles. The van der Waals surface area contributed by atoms with Gasteiger partial charge in [-0.15, -0.1) is 11.8 Å². The van der Waals surface area contributed by atoms with Crippen molar-refractivity contribution in [2.45, 2.75) is 19.6 Å². The molecule has 6 heteroatoms. The number of carbonyl (C=O) groups is 1. The summed E-state index contributed by atoms with van der Waals surface area (Å²) in [5.41, 5.74) is 2.06. The van der Waals surface area contributed by atoms with Gasteiger partial charge < -0.3 is 4.74 Å². The van der Waals surface area contributed by atoms with E-state index in [0.717, 1.165) is 5.69 Å². The molecule has 0 bridgehead atoms. The lowest BCUT2D eigenvalue weighted by Gasteiger charge is -2.06. The summed E-state index contributed by atoms with van der Waals surface area (Å²) in [5.74, 6) is 0.534. The fourth-order valence-electron chi connectivity index (χ4n) is 1.88. The van der Waals surface area contributed by atoms with E-state index in [-0.39, 0.29) is 17.3 Å². The molecule has 2 rings (SSSR count). The summed E-state index contributed by atoms with van der Waals surface area (Å²) in [5, 5.41) is 0. The van der Waals surface area contributed by atoms with Crippen molar-refractivity contribution in [2.24, 2.45) is 0 Å². The highest BCUT2D eigenvalue weighted by atomic mass is 32.2. The Morgan fingerprint density at radius 1 is 1.45 bits per heavy atom. The lowest BCUT2D eigenvalue weighted by atomic mass is 10.3. The SMILES string of the molecule is CCOC(=O)CSCc1cc(=O)n2c(C)cccc2n1. The van der Waals surface area contributed by atoms with Gasteiger partial charge in [0.2, 0.25) is 0 Å². The number of hydrogen-bond acceptors (Lipinski definition) is 5. The molecule has 0 aliphatic heterocycles. The highest BCUT2D eigenvalue weighted by Crippen LogP contribution is 2.11. The summed E-state index contributed by atoms with van der Waals surface area (Å²) in [7, 11) is 0. The lowest BCUT2D eigenvalue weighted by molar-refractivity contribution is -0.139. The van der Waals surface area contributed by atoms with Crippen LogP contribution in [0.2, 0.25) is 0 Å². The van der Waals surface area contributed by atoms with Gasteiger partial charge in [0.25, 0.3) is 5.56 Å². The number of aromatic nitrogens is 2. The second-order valence-corrected chi connectivity index (χ2v) is 5.23. The third-order valence-electron chi connectivity index (χ3n) is 2.71. The number of fused-ring (bicyclic) bond motifs is 1. The average molecular weight is 292 g/mol. The van der Waals surface area contributed by atoms with Gasteiger partial charge in [-0.2, -0.15) is 0 Å². The molecule has 0 aromatic carbocycles. The van der Waals surface area contributed by atoms with Crippen LogP contribution in [0.25, 0.3) is 5.65 Å². The van der Waals surface area contributed by atoms with Crippen molar-refractivity contribution in [1.82, 2.24) is 9.38 Å². The molecule has 20 heavy (non-hydrogen) atoms. The van der Waals surface area contributed by atoms with Crippen LogP contribution in [0, 0.1) is 6.92 Å². The van der Waals surface area contributed by atoms with Gasteiger partial charge in [-0.1, -0.05) is 6.07 Å². The molecular weight excluding hydrogens is 276 g/mol. The van der Waals surface area contributed by atoms with Gasteiger partial charge in [-0.05, 0) is 26.0 Å². The van der Waals surface area contributed by atoms with Gasteiger partial charge in [-0.25, -0.2) is 4.98 Å². The minimum atomic E-state index is -0.245. The Kier molecular flexibility index (Phi) is 4.79. The molecule has 0 amide bonds. The molecule has 0 saturated carbocycles. The Morgan fingerprint density at radius 3 is 3.00 bits per heavy atom. The van der Waals surface area contributed by atoms with Gasteiger partial charge >= 0.3 is 5.97 Å². The number of thioether (sulfide) groups is 1. The molecule has 0 atom stereocenters. The number of hydrogen-bond donors (Lipinski definition) is 0. The summed E-state index contributed by atoms with van der Waals surface area (Å²) in [6.45, 7) is 4.02. The van der Waals surface area contributed by atoms with Crippen LogP contribution < -0.4 is 5.56 Å². The van der Waals surface area contributed by atoms with Crippen LogP contribution >= 0.6 is 11.8 Å². The van der Waals surface area contributed by atoms with Crippen molar-refractivity contribution in [3.05, 3.63) is 46.0 Å². The molecule has 0 aliphatic rings. The van der Waals surface area contributed by atoms with Crippen molar-refractivity contribution < 1.29 is 9.53 Å². The number of ether oxygens (including phenoxy) is 1. The molecule has 0 fully saturated rings. The van der Waals surface area contributed by atoms with E-state index in [0.29, 0.717) is 23.7 Å². The van der Waals surface area contributed by atoms with Crippen molar-refractivity contribution in [2.75, 3.05) is 12.4 Å². The highest BCUT2D eigenvalue weighted by molar-refractivity contribution is 7.99. The van der Waals surface area contributed by atoms with E-state index in [1.54, 1.807) is 17.4 Å². The normalized spacial score (nSPS) is 10.7. The van der Waals surface area contributed by atoms with E-state index in [4.69, 9.17) is 4.74 Å². The Bertz CT molecular complexity index is 682. The third-order valence-corrected chi connectivity index (χ3v) is 3.65. The van der Waals surface area contributed by atoms with Gasteiger partial charge in [0.05, 0.1) is 18.1 Å². The van der Waals surface area contributed by atoms with E-state index in [9.17, 15) is 9.59 Å². The van der Waals surface area contributed by atoms with Crippen molar-refractivity contribution in [3.63, 3.8) is 0 Å². The molecule has 0 radical (unpaired) electrons. The van der Waals surface area contributed by atoms with E-state index in [2.05, 4.69) is 4.98 Å². The van der Waals surface area contributed by atoms with Gasteiger partial charge in [0.1, 0.15) is 5.65 Å². The predicted molar refractivity (Wildman–Crippen MR) is 79.0 cm³/mol. The predicted octanol–water partition coefficient (Wildman–Crippen LogP) is 1.80. The highest BCUT2D eigenvalue weighted by Gasteiger charge is 2.06. The third kappa shape index (κ3) is 3.39. The summed E-state index contributed by atoms with van der Waals surface area (Å²) >= 11 is 1.39. The molecule has 0 unspecified atom stereocenters. The lowest BCUT2D eigenvalue weighted by Crippen LogP contribution is -2.17. The van der Waals surface area contributed by atoms with Crippen molar-refractivity contribution in [3.8, 4) is 0 Å². The monoisotopic (exact) mass is 292 g/mol. The maximum absolute atomic E-state index is 12.0. The summed E-state index contributed by atoms with van der Waals surface area (Å²) in [6.07, 6.45) is 0. The smallest absolute Gasteiger partial charge is 0.315 e. The van der Waals surface area contributed by atoms with E-state index in [1.165, 1.54) is 17.8 Å². The molecule has 5 nitrogen and oxygen atoms in total. The largest absolute Gasteiger partial charge is 0.465 e. The number of pyridine rings is 1. The number of rotatable bonds is 5. The van der Waals surface area contributed by atoms with E-state index in [1.807, 2.05) is 19.1 Å². The Morgan fingerprint density at radius 2 is 2.25 bits per heavy atom. The zero-order valence-corrected chi connectivity index (χ0v) is 12.3. The van der Waals surface area contributed by atoms with Crippen LogP contribution in [0.4, 0.5) is 0 Å². The topological polar surface area (TPSA) is 60.7 Å². The molecule has 0 spiro atoms. The summed E-state index contributed by atoms with van der Waals surface area (Å²) in [4.78, 5) is 27.7. The quantitative estimate of drug-likeness (QED) is 0.786. The molecule has 106 valence electrons. The van der Waals surface area contributed by atoms with Crippen LogP contribution in [0.3, 0.4) is 0 Å². The molecule has 0 aliphatic carbocycles. The first kappa shape index (κ1) is 14.6. The first-order chi connectivity index (χ1) is 9.61. The Hall–Kier alpha value is -1.82. The van der Waals surface area contributed by atoms with E-state index < -0.39 is 0 Å². The van der Waals surface area contributed by atoms with Crippen LogP contribution in [0.15, 0.2) is 29.1 Å². The van der Waals surface area contributed by atoms with E-state index >= 15 is 0 Å². The average Bonchev–Trinajstić information content (AvgIpc) is 2.38. The second kappa shape index (κ2) is 6.56. The molecule has 2 aromatic rings. The van der Waals surface area contributed by atoms with Gasteiger partial charge in [-0.3, -0.25) is 14.0 Å². The second-order valence-electron chi connectivity index (χ2n) is 4.24. The van der Waals surface area contributed by atoms with Crippen molar-refractivity contribution >= 4 is 23.4 Å². The summed E-state index contributed by atoms with van der Waals surface area (Å²) in [6, 6.07) is 7.05. The molecule has 0 N–H and O–H groups in total. The summed E-state index contributed by atoms with van der Waals surface area (Å²) < 4.78 is 6.41. The molecular formula is C14H16N2O3S. The standard InChI is InChI=1S/C14H16N2O3S/c1-3-19-14(18)9-20-8-11-7-13(17)16-10(2)5-4-6-12(16)15-11/h4-7H,3,8-9H2,1-2H3. The fraction of sp³-hybridized carbons (Fsp3) is 0.357. The van der Waals surface area contributed by atoms with Crippen LogP contribution in [-0.2, 0) is 15.3 Å². The number of nitrogens with zero attached hydrogens (tertiary/aromatic N) is 2. The molecule has 0 saturated heterocycles. The zero-order chi connectivity index (χ0) is 14.5. The number of esters is 1.